The van der Waals surface area contributed by atoms with E-state index in [-0.39, 0.29) is 29.4 Å². The first-order chi connectivity index (χ1) is 9.43. The minimum absolute atomic E-state index is 0.0358. The highest BCUT2D eigenvalue weighted by Crippen LogP contribution is 2.76. The van der Waals surface area contributed by atoms with Crippen molar-refractivity contribution in [3.63, 3.8) is 0 Å². The van der Waals surface area contributed by atoms with Gasteiger partial charge in [-0.25, -0.2) is 0 Å². The molecular formula is C14H12F3NO2. The van der Waals surface area contributed by atoms with Crippen molar-refractivity contribution in [1.29, 1.82) is 0 Å². The van der Waals surface area contributed by atoms with E-state index in [0.717, 1.165) is 18.9 Å². The summed E-state index contributed by atoms with van der Waals surface area (Å²) in [5, 5.41) is 0. The summed E-state index contributed by atoms with van der Waals surface area (Å²) in [6, 6.07) is 3.84. The molecule has 2 saturated carbocycles. The van der Waals surface area contributed by atoms with Crippen LogP contribution in [0.15, 0.2) is 18.2 Å². The molecule has 1 aliphatic heterocycles. The molecule has 0 saturated heterocycles. The maximum absolute atomic E-state index is 13.0. The molecule has 6 heteroatoms. The number of benzene rings is 1. The number of nitrogens with zero attached hydrogens (tertiary/aromatic N) is 1. The molecule has 106 valence electrons. The fourth-order valence-corrected chi connectivity index (χ4v) is 3.00. The van der Waals surface area contributed by atoms with Crippen molar-refractivity contribution >= 4 is 11.6 Å². The van der Waals surface area contributed by atoms with Gasteiger partial charge in [0.1, 0.15) is 6.61 Å². The van der Waals surface area contributed by atoms with Crippen molar-refractivity contribution in [3.05, 3.63) is 23.8 Å². The molecule has 0 atom stereocenters. The quantitative estimate of drug-likeness (QED) is 0.793. The van der Waals surface area contributed by atoms with Crippen molar-refractivity contribution in [1.82, 2.24) is 0 Å². The maximum Gasteiger partial charge on any atom is 0.420 e. The van der Waals surface area contributed by atoms with Crippen LogP contribution in [0, 0.1) is 11.3 Å². The fraction of sp³-hybridized carbons (Fsp3) is 0.500. The van der Waals surface area contributed by atoms with E-state index < -0.39 is 11.7 Å². The lowest BCUT2D eigenvalue weighted by Gasteiger charge is -2.32. The zero-order valence-corrected chi connectivity index (χ0v) is 10.5. The van der Waals surface area contributed by atoms with Gasteiger partial charge in [-0.3, -0.25) is 4.79 Å². The van der Waals surface area contributed by atoms with Crippen LogP contribution in [0.2, 0.25) is 0 Å². The van der Waals surface area contributed by atoms with Crippen LogP contribution in [0.5, 0.6) is 5.75 Å². The summed E-state index contributed by atoms with van der Waals surface area (Å²) in [6.07, 6.45) is -2.70. The lowest BCUT2D eigenvalue weighted by molar-refractivity contribution is -0.139. The molecule has 20 heavy (non-hydrogen) atoms. The largest absolute Gasteiger partial charge is 0.489 e. The summed E-state index contributed by atoms with van der Waals surface area (Å²) in [7, 11) is 0. The summed E-state index contributed by atoms with van der Waals surface area (Å²) in [5.41, 5.74) is -0.806. The van der Waals surface area contributed by atoms with Crippen LogP contribution in [0.1, 0.15) is 18.4 Å². The van der Waals surface area contributed by atoms with Gasteiger partial charge in [0.05, 0.1) is 23.2 Å². The normalized spacial score (nSPS) is 30.1. The fourth-order valence-electron chi connectivity index (χ4n) is 3.00. The SMILES string of the molecule is O=C(N1CCOc2c1cccc2C(F)(F)F)C12CC1C2. The number of hydrogen-bond acceptors (Lipinski definition) is 2. The number of fused-ring (bicyclic) bond motifs is 2. The molecule has 1 heterocycles. The van der Waals surface area contributed by atoms with E-state index in [1.54, 1.807) is 0 Å². The van der Waals surface area contributed by atoms with E-state index in [4.69, 9.17) is 4.74 Å². The molecule has 2 aliphatic carbocycles. The highest BCUT2D eigenvalue weighted by Gasteiger charge is 2.75. The molecule has 0 aromatic heterocycles. The number of alkyl halides is 3. The Morgan fingerprint density at radius 1 is 1.35 bits per heavy atom. The van der Waals surface area contributed by atoms with Gasteiger partial charge in [0, 0.05) is 0 Å². The Morgan fingerprint density at radius 2 is 2.05 bits per heavy atom. The third-order valence-electron chi connectivity index (χ3n) is 4.51. The molecule has 0 unspecified atom stereocenters. The zero-order chi connectivity index (χ0) is 14.1. The van der Waals surface area contributed by atoms with E-state index in [9.17, 15) is 18.0 Å². The van der Waals surface area contributed by atoms with Gasteiger partial charge in [0.25, 0.3) is 0 Å². The number of ether oxygens (including phenoxy) is 1. The number of halogens is 3. The van der Waals surface area contributed by atoms with Gasteiger partial charge in [0.2, 0.25) is 5.91 Å². The number of carbonyl (C=O) groups excluding carboxylic acids is 1. The van der Waals surface area contributed by atoms with Crippen molar-refractivity contribution in [2.24, 2.45) is 11.3 Å². The van der Waals surface area contributed by atoms with Gasteiger partial charge < -0.3 is 9.64 Å². The zero-order valence-electron chi connectivity index (χ0n) is 10.5. The summed E-state index contributed by atoms with van der Waals surface area (Å²) < 4.78 is 44.1. The van der Waals surface area contributed by atoms with Crippen LogP contribution in [0.25, 0.3) is 0 Å². The number of amides is 1. The van der Waals surface area contributed by atoms with Gasteiger partial charge in [-0.05, 0) is 30.9 Å². The van der Waals surface area contributed by atoms with Crippen LogP contribution in [0.3, 0.4) is 0 Å². The number of hydrogen-bond donors (Lipinski definition) is 0. The van der Waals surface area contributed by atoms with Crippen LogP contribution < -0.4 is 9.64 Å². The van der Waals surface area contributed by atoms with Crippen molar-refractivity contribution in [2.75, 3.05) is 18.1 Å². The van der Waals surface area contributed by atoms with E-state index in [1.165, 1.54) is 17.0 Å². The lowest BCUT2D eigenvalue weighted by Crippen LogP contribution is -2.41. The summed E-state index contributed by atoms with van der Waals surface area (Å²) in [6.45, 7) is 0.425. The Hall–Kier alpha value is -1.72. The van der Waals surface area contributed by atoms with E-state index in [2.05, 4.69) is 0 Å². The van der Waals surface area contributed by atoms with Crippen LogP contribution in [0.4, 0.5) is 18.9 Å². The molecule has 3 nitrogen and oxygen atoms in total. The average Bonchev–Trinajstić information content (AvgIpc) is 3.24. The van der Waals surface area contributed by atoms with Crippen LogP contribution in [-0.4, -0.2) is 19.1 Å². The predicted octanol–water partition coefficient (Wildman–Crippen LogP) is 2.84. The molecular weight excluding hydrogens is 271 g/mol. The minimum atomic E-state index is -4.47. The second kappa shape index (κ2) is 3.48. The van der Waals surface area contributed by atoms with Crippen LogP contribution >= 0.6 is 0 Å². The van der Waals surface area contributed by atoms with E-state index in [0.29, 0.717) is 12.5 Å². The highest BCUT2D eigenvalue weighted by molar-refractivity contribution is 6.03. The molecule has 0 radical (unpaired) electrons. The monoisotopic (exact) mass is 283 g/mol. The lowest BCUT2D eigenvalue weighted by atomic mass is 10.1. The Bertz CT molecular complexity index is 605. The molecule has 0 spiro atoms. The number of anilines is 1. The van der Waals surface area contributed by atoms with Crippen molar-refractivity contribution in [3.8, 4) is 5.75 Å². The Morgan fingerprint density at radius 3 is 2.65 bits per heavy atom. The Kier molecular flexibility index (Phi) is 2.10. The highest BCUT2D eigenvalue weighted by atomic mass is 19.4. The van der Waals surface area contributed by atoms with Crippen molar-refractivity contribution < 1.29 is 22.7 Å². The molecule has 0 N–H and O–H groups in total. The number of para-hydroxylation sites is 1. The minimum Gasteiger partial charge on any atom is -0.489 e. The molecule has 2 fully saturated rings. The first-order valence-electron chi connectivity index (χ1n) is 6.58. The molecule has 1 aromatic carbocycles. The third kappa shape index (κ3) is 1.50. The average molecular weight is 283 g/mol. The number of rotatable bonds is 1. The molecule has 3 aliphatic rings. The van der Waals surface area contributed by atoms with Gasteiger partial charge in [-0.15, -0.1) is 0 Å². The standard InChI is InChI=1S/C14H12F3NO2/c15-14(16,17)9-2-1-3-10-11(9)20-5-4-18(10)12(19)13-6-8(13)7-13/h1-3,8H,4-7H2. The molecule has 1 amide bonds. The Labute approximate surface area is 113 Å². The second-order valence-electron chi connectivity index (χ2n) is 5.72. The predicted molar refractivity (Wildman–Crippen MR) is 64.4 cm³/mol. The summed E-state index contributed by atoms with van der Waals surface area (Å²) >= 11 is 0. The molecule has 1 aromatic rings. The van der Waals surface area contributed by atoms with Crippen molar-refractivity contribution in [2.45, 2.75) is 19.0 Å². The first kappa shape index (κ1) is 12.1. The summed E-state index contributed by atoms with van der Waals surface area (Å²) in [5.74, 6) is 0.215. The topological polar surface area (TPSA) is 29.5 Å². The second-order valence-corrected chi connectivity index (χ2v) is 5.72. The first-order valence-corrected chi connectivity index (χ1v) is 6.58. The van der Waals surface area contributed by atoms with Crippen LogP contribution in [-0.2, 0) is 11.0 Å². The third-order valence-corrected chi connectivity index (χ3v) is 4.51. The summed E-state index contributed by atoms with van der Waals surface area (Å²) in [4.78, 5) is 13.9. The van der Waals surface area contributed by atoms with Gasteiger partial charge in [-0.2, -0.15) is 13.2 Å². The van der Waals surface area contributed by atoms with E-state index in [1.807, 2.05) is 0 Å². The van der Waals surface area contributed by atoms with E-state index >= 15 is 0 Å². The van der Waals surface area contributed by atoms with Gasteiger partial charge >= 0.3 is 6.18 Å². The number of carbonyl (C=O) groups is 1. The van der Waals surface area contributed by atoms with Gasteiger partial charge in [-0.1, -0.05) is 6.07 Å². The maximum atomic E-state index is 13.0. The smallest absolute Gasteiger partial charge is 0.420 e. The molecule has 4 rings (SSSR count). The molecule has 0 bridgehead atoms. The van der Waals surface area contributed by atoms with Gasteiger partial charge in [0.15, 0.2) is 5.75 Å². The Balaban J connectivity index is 1.76.